The molecule has 1 heterocycles. The van der Waals surface area contributed by atoms with E-state index in [4.69, 9.17) is 4.74 Å². The maximum atomic E-state index is 13.9. The number of carbonyl (C=O) groups excluding carboxylic acids is 1. The van der Waals surface area contributed by atoms with Crippen LogP contribution in [0, 0.1) is 0 Å². The zero-order valence-electron chi connectivity index (χ0n) is 18.0. The number of likely N-dealkylation sites (tertiary alicyclic amines) is 1. The van der Waals surface area contributed by atoms with Crippen molar-refractivity contribution in [3.63, 3.8) is 0 Å². The van der Waals surface area contributed by atoms with Gasteiger partial charge in [0.25, 0.3) is 0 Å². The highest BCUT2D eigenvalue weighted by atomic mass is 32.2. The molecule has 1 aliphatic heterocycles. The average molecular weight is 453 g/mol. The summed E-state index contributed by atoms with van der Waals surface area (Å²) in [6.07, 6.45) is -3.99. The van der Waals surface area contributed by atoms with Gasteiger partial charge >= 0.3 is 12.2 Å². The van der Waals surface area contributed by atoms with E-state index < -0.39 is 17.8 Å². The van der Waals surface area contributed by atoms with E-state index in [2.05, 4.69) is 5.32 Å². The lowest BCUT2D eigenvalue weighted by Gasteiger charge is -2.42. The third-order valence-electron chi connectivity index (χ3n) is 4.90. The van der Waals surface area contributed by atoms with Crippen LogP contribution in [0.15, 0.2) is 53.4 Å². The number of ether oxygens (including phenoxy) is 1. The summed E-state index contributed by atoms with van der Waals surface area (Å²) in [5, 5.41) is 2.88. The van der Waals surface area contributed by atoms with Gasteiger partial charge in [-0.05, 0) is 50.3 Å². The first-order chi connectivity index (χ1) is 14.5. The van der Waals surface area contributed by atoms with Crippen molar-refractivity contribution in [2.24, 2.45) is 0 Å². The van der Waals surface area contributed by atoms with E-state index in [-0.39, 0.29) is 23.2 Å². The molecular weight excluding hydrogens is 425 g/mol. The van der Waals surface area contributed by atoms with Crippen molar-refractivity contribution in [1.29, 1.82) is 0 Å². The molecule has 0 aliphatic carbocycles. The Bertz CT molecular complexity index is 907. The molecule has 31 heavy (non-hydrogen) atoms. The van der Waals surface area contributed by atoms with Gasteiger partial charge in [-0.2, -0.15) is 13.2 Å². The summed E-state index contributed by atoms with van der Waals surface area (Å²) in [5.41, 5.74) is -0.345. The molecule has 0 bridgehead atoms. The molecule has 2 aromatic rings. The molecule has 3 rings (SSSR count). The molecule has 1 fully saturated rings. The molecule has 1 aliphatic rings. The highest BCUT2D eigenvalue weighted by Gasteiger charge is 2.39. The minimum absolute atomic E-state index is 0.0779. The number of nitrogens with zero attached hydrogens (tertiary/aromatic N) is 1. The van der Waals surface area contributed by atoms with Gasteiger partial charge in [0.05, 0.1) is 24.8 Å². The van der Waals surface area contributed by atoms with Crippen LogP contribution in [0.25, 0.3) is 0 Å². The lowest BCUT2D eigenvalue weighted by atomic mass is 9.95. The summed E-state index contributed by atoms with van der Waals surface area (Å²) >= 11 is 1.26. The number of thioether (sulfide) groups is 1. The van der Waals surface area contributed by atoms with Gasteiger partial charge in [-0.15, -0.1) is 11.8 Å². The quantitative estimate of drug-likeness (QED) is 0.590. The van der Waals surface area contributed by atoms with Gasteiger partial charge in [-0.3, -0.25) is 0 Å². The van der Waals surface area contributed by atoms with E-state index in [0.717, 1.165) is 0 Å². The van der Waals surface area contributed by atoms with Crippen LogP contribution in [0.4, 0.5) is 18.0 Å². The maximum Gasteiger partial charge on any atom is 0.416 e. The molecule has 0 radical (unpaired) electrons. The molecule has 168 valence electrons. The maximum absolute atomic E-state index is 13.9. The molecule has 1 saturated heterocycles. The van der Waals surface area contributed by atoms with Crippen LogP contribution in [-0.2, 0) is 10.9 Å². The Morgan fingerprint density at radius 3 is 2.32 bits per heavy atom. The highest BCUT2D eigenvalue weighted by molar-refractivity contribution is 7.98. The Morgan fingerprint density at radius 1 is 1.13 bits per heavy atom. The van der Waals surface area contributed by atoms with Crippen molar-refractivity contribution in [2.75, 3.05) is 19.3 Å². The summed E-state index contributed by atoms with van der Waals surface area (Å²) in [6, 6.07) is 13.0. The second-order valence-corrected chi connectivity index (χ2v) is 9.46. The van der Waals surface area contributed by atoms with Crippen LogP contribution in [-0.4, -0.2) is 41.9 Å². The number of nitrogens with one attached hydrogen (secondary N) is 1. The number of alkyl halides is 3. The van der Waals surface area contributed by atoms with Crippen molar-refractivity contribution in [2.45, 2.75) is 49.6 Å². The number of hydrogen-bond donors (Lipinski definition) is 1. The molecule has 2 aromatic carbocycles. The fourth-order valence-corrected chi connectivity index (χ4v) is 3.82. The van der Waals surface area contributed by atoms with Crippen LogP contribution in [0.2, 0.25) is 0 Å². The number of benzene rings is 2. The lowest BCUT2D eigenvalue weighted by molar-refractivity contribution is -0.140. The smallest absolute Gasteiger partial charge is 0.362 e. The van der Waals surface area contributed by atoms with E-state index >= 15 is 0 Å². The Kier molecular flexibility index (Phi) is 6.91. The molecule has 2 amide bonds. The molecule has 8 heteroatoms. The van der Waals surface area contributed by atoms with E-state index in [9.17, 15) is 18.0 Å². The molecule has 4 nitrogen and oxygen atoms in total. The van der Waals surface area contributed by atoms with Crippen LogP contribution in [0.5, 0.6) is 0 Å². The standard InChI is InChI=1S/C23H27F3N2O2S/c1-22(2,3)27-21(29)28-13-16(14-28)30-20(15-8-6-5-7-9-15)18-11-10-17(31-4)12-19(18)23(24,25)26/h5-12,16,20H,13-14H2,1-4H3,(H,27,29). The van der Waals surface area contributed by atoms with Crippen LogP contribution < -0.4 is 5.32 Å². The van der Waals surface area contributed by atoms with Crippen molar-refractivity contribution in [1.82, 2.24) is 10.2 Å². The molecule has 0 aromatic heterocycles. The van der Waals surface area contributed by atoms with E-state index in [1.54, 1.807) is 41.5 Å². The number of halogens is 3. The van der Waals surface area contributed by atoms with Gasteiger partial charge in [-0.1, -0.05) is 36.4 Å². The van der Waals surface area contributed by atoms with E-state index in [1.165, 1.54) is 23.9 Å². The summed E-state index contributed by atoms with van der Waals surface area (Å²) in [6.45, 7) is 6.33. The summed E-state index contributed by atoms with van der Waals surface area (Å²) in [5.74, 6) is 0. The second-order valence-electron chi connectivity index (χ2n) is 8.58. The fourth-order valence-electron chi connectivity index (χ4n) is 3.38. The Morgan fingerprint density at radius 2 is 1.77 bits per heavy atom. The van der Waals surface area contributed by atoms with E-state index in [1.807, 2.05) is 26.8 Å². The number of carbonyl (C=O) groups is 1. The van der Waals surface area contributed by atoms with Crippen molar-refractivity contribution < 1.29 is 22.7 Å². The molecule has 1 atom stereocenters. The Balaban J connectivity index is 1.85. The number of amides is 2. The molecular formula is C23H27F3N2O2S. The monoisotopic (exact) mass is 452 g/mol. The van der Waals surface area contributed by atoms with Crippen molar-refractivity contribution >= 4 is 17.8 Å². The third kappa shape index (κ3) is 5.95. The van der Waals surface area contributed by atoms with Crippen molar-refractivity contribution in [3.05, 3.63) is 65.2 Å². The van der Waals surface area contributed by atoms with E-state index in [0.29, 0.717) is 23.5 Å². The van der Waals surface area contributed by atoms with Gasteiger partial charge in [0.15, 0.2) is 0 Å². The van der Waals surface area contributed by atoms with Gasteiger partial charge in [0, 0.05) is 10.4 Å². The SMILES string of the molecule is CSc1ccc(C(OC2CN(C(=O)NC(C)(C)C)C2)c2ccccc2)c(C(F)(F)F)c1. The first kappa shape index (κ1) is 23.5. The highest BCUT2D eigenvalue weighted by Crippen LogP contribution is 2.40. The zero-order chi connectivity index (χ0) is 22.8. The third-order valence-corrected chi connectivity index (χ3v) is 5.62. The second kappa shape index (κ2) is 9.12. The molecule has 0 spiro atoms. The first-order valence-electron chi connectivity index (χ1n) is 10.0. The number of urea groups is 1. The van der Waals surface area contributed by atoms with Crippen LogP contribution in [0.1, 0.15) is 43.6 Å². The predicted octanol–water partition coefficient (Wildman–Crippen LogP) is 5.73. The topological polar surface area (TPSA) is 41.6 Å². The summed E-state index contributed by atoms with van der Waals surface area (Å²) < 4.78 is 47.8. The molecule has 1 N–H and O–H groups in total. The summed E-state index contributed by atoms with van der Waals surface area (Å²) in [7, 11) is 0. The van der Waals surface area contributed by atoms with Gasteiger partial charge < -0.3 is 15.0 Å². The zero-order valence-corrected chi connectivity index (χ0v) is 18.8. The minimum atomic E-state index is -4.50. The van der Waals surface area contributed by atoms with Gasteiger partial charge in [0.1, 0.15) is 6.10 Å². The first-order valence-corrected chi connectivity index (χ1v) is 11.2. The molecule has 0 saturated carbocycles. The van der Waals surface area contributed by atoms with Crippen LogP contribution in [0.3, 0.4) is 0 Å². The number of hydrogen-bond acceptors (Lipinski definition) is 3. The predicted molar refractivity (Wildman–Crippen MR) is 116 cm³/mol. The van der Waals surface area contributed by atoms with Crippen molar-refractivity contribution in [3.8, 4) is 0 Å². The Hall–Kier alpha value is -2.19. The van der Waals surface area contributed by atoms with Gasteiger partial charge in [-0.25, -0.2) is 4.79 Å². The normalized spacial score (nSPS) is 16.0. The lowest BCUT2D eigenvalue weighted by Crippen LogP contribution is -2.60. The Labute approximate surface area is 185 Å². The number of rotatable bonds is 5. The average Bonchev–Trinajstić information content (AvgIpc) is 2.65. The largest absolute Gasteiger partial charge is 0.416 e. The minimum Gasteiger partial charge on any atom is -0.362 e. The van der Waals surface area contributed by atoms with Crippen LogP contribution >= 0.6 is 11.8 Å². The fraction of sp³-hybridized carbons (Fsp3) is 0.435. The summed E-state index contributed by atoms with van der Waals surface area (Å²) in [4.78, 5) is 14.4. The molecule has 1 unspecified atom stereocenters. The van der Waals surface area contributed by atoms with Gasteiger partial charge in [0.2, 0.25) is 0 Å².